The Balaban J connectivity index is 2.49. The third kappa shape index (κ3) is 1.93. The van der Waals surface area contributed by atoms with Gasteiger partial charge in [0, 0.05) is 20.0 Å². The molecule has 11 heavy (non-hydrogen) atoms. The van der Waals surface area contributed by atoms with Crippen molar-refractivity contribution in [3.05, 3.63) is 0 Å². The lowest BCUT2D eigenvalue weighted by Gasteiger charge is -2.32. The van der Waals surface area contributed by atoms with Crippen LogP contribution < -0.4 is 0 Å². The highest BCUT2D eigenvalue weighted by Crippen LogP contribution is 2.31. The lowest BCUT2D eigenvalue weighted by atomic mass is 9.94. The molecule has 0 amide bonds. The number of hydrogen-bond donors (Lipinski definition) is 0. The van der Waals surface area contributed by atoms with Crippen molar-refractivity contribution in [2.24, 2.45) is 0 Å². The van der Waals surface area contributed by atoms with Crippen LogP contribution in [0.5, 0.6) is 0 Å². The van der Waals surface area contributed by atoms with Gasteiger partial charge in [0.05, 0.1) is 0 Å². The number of carbonyl (C=O) groups excluding carboxylic acids is 1. The van der Waals surface area contributed by atoms with Gasteiger partial charge in [-0.2, -0.15) is 0 Å². The van der Waals surface area contributed by atoms with Crippen molar-refractivity contribution in [3.8, 4) is 0 Å². The predicted molar refractivity (Wildman–Crippen MR) is 39.6 cm³/mol. The van der Waals surface area contributed by atoms with E-state index in [4.69, 9.17) is 9.47 Å². The lowest BCUT2D eigenvalue weighted by molar-refractivity contribution is -0.191. The molecule has 0 aromatic rings. The summed E-state index contributed by atoms with van der Waals surface area (Å²) < 4.78 is 9.93. The summed E-state index contributed by atoms with van der Waals surface area (Å²) in [6.45, 7) is 1.45. The highest BCUT2D eigenvalue weighted by atomic mass is 16.7. The van der Waals surface area contributed by atoms with E-state index in [2.05, 4.69) is 0 Å². The van der Waals surface area contributed by atoms with E-state index in [0.717, 1.165) is 25.7 Å². The summed E-state index contributed by atoms with van der Waals surface area (Å²) in [5.41, 5.74) is 0. The molecule has 0 N–H and O–H groups in total. The molecule has 1 saturated carbocycles. The number of ether oxygens (including phenoxy) is 2. The van der Waals surface area contributed by atoms with Crippen LogP contribution in [0.2, 0.25) is 0 Å². The van der Waals surface area contributed by atoms with Crippen LogP contribution in [0.3, 0.4) is 0 Å². The molecule has 3 nitrogen and oxygen atoms in total. The second-order valence-corrected chi connectivity index (χ2v) is 2.86. The Hall–Kier alpha value is -0.570. The highest BCUT2D eigenvalue weighted by molar-refractivity contribution is 5.39. The molecule has 0 heterocycles. The Labute approximate surface area is 66.7 Å². The number of rotatable bonds is 3. The summed E-state index contributed by atoms with van der Waals surface area (Å²) in [5, 5.41) is 0. The van der Waals surface area contributed by atoms with Crippen LogP contribution in [0.25, 0.3) is 0 Å². The van der Waals surface area contributed by atoms with Gasteiger partial charge in [0.2, 0.25) is 5.79 Å². The molecule has 0 aromatic carbocycles. The molecule has 0 aliphatic heterocycles. The molecule has 1 aliphatic rings. The van der Waals surface area contributed by atoms with Crippen LogP contribution in [0.15, 0.2) is 0 Å². The molecule has 0 unspecified atom stereocenters. The minimum Gasteiger partial charge on any atom is -0.425 e. The molecular formula is C8H13O3. The Morgan fingerprint density at radius 1 is 1.27 bits per heavy atom. The maximum absolute atomic E-state index is 10.0. The van der Waals surface area contributed by atoms with E-state index in [1.807, 2.05) is 0 Å². The van der Waals surface area contributed by atoms with Crippen LogP contribution in [0, 0.1) is 0 Å². The molecule has 1 rings (SSSR count). The van der Waals surface area contributed by atoms with Crippen molar-refractivity contribution >= 4 is 6.47 Å². The van der Waals surface area contributed by atoms with Crippen LogP contribution in [0.4, 0.5) is 0 Å². The lowest BCUT2D eigenvalue weighted by Crippen LogP contribution is -2.36. The van der Waals surface area contributed by atoms with E-state index < -0.39 is 5.79 Å². The highest BCUT2D eigenvalue weighted by Gasteiger charge is 2.33. The van der Waals surface area contributed by atoms with E-state index >= 15 is 0 Å². The first-order chi connectivity index (χ1) is 5.33. The molecule has 1 radical (unpaired) electrons. The van der Waals surface area contributed by atoms with Crippen molar-refractivity contribution in [2.75, 3.05) is 7.11 Å². The summed E-state index contributed by atoms with van der Waals surface area (Å²) in [6, 6.07) is 0. The summed E-state index contributed by atoms with van der Waals surface area (Å²) in [6.07, 6.45) is 4.94. The van der Waals surface area contributed by atoms with E-state index in [1.54, 1.807) is 7.11 Å². The van der Waals surface area contributed by atoms with Crippen LogP contribution >= 0.6 is 0 Å². The van der Waals surface area contributed by atoms with Gasteiger partial charge in [-0.1, -0.05) is 6.42 Å². The fraction of sp³-hybridized carbons (Fsp3) is 0.875. The van der Waals surface area contributed by atoms with Crippen LogP contribution in [-0.2, 0) is 14.3 Å². The zero-order chi connectivity index (χ0) is 8.16. The monoisotopic (exact) mass is 157 g/mol. The summed E-state index contributed by atoms with van der Waals surface area (Å²) in [7, 11) is 1.57. The molecule has 0 aromatic heterocycles. The second kappa shape index (κ2) is 3.72. The van der Waals surface area contributed by atoms with Gasteiger partial charge in [0.25, 0.3) is 0 Å². The Kier molecular flexibility index (Phi) is 2.88. The van der Waals surface area contributed by atoms with E-state index in [9.17, 15) is 4.79 Å². The molecule has 3 heteroatoms. The number of hydrogen-bond acceptors (Lipinski definition) is 3. The van der Waals surface area contributed by atoms with Gasteiger partial charge in [-0.25, -0.2) is 4.79 Å². The van der Waals surface area contributed by atoms with E-state index in [-0.39, 0.29) is 0 Å². The molecule has 0 atom stereocenters. The number of methoxy groups -OCH3 is 1. The first-order valence-electron chi connectivity index (χ1n) is 3.93. The standard InChI is InChI=1S/C8H13O3/c1-10-8(11-7-9)5-3-2-4-6-8/h2-6H2,1H3. The quantitative estimate of drug-likeness (QED) is 0.580. The van der Waals surface area contributed by atoms with Gasteiger partial charge in [-0.05, 0) is 12.8 Å². The molecule has 0 bridgehead atoms. The van der Waals surface area contributed by atoms with Gasteiger partial charge in [0.1, 0.15) is 0 Å². The van der Waals surface area contributed by atoms with Gasteiger partial charge in [-0.3, -0.25) is 0 Å². The zero-order valence-corrected chi connectivity index (χ0v) is 6.76. The van der Waals surface area contributed by atoms with Gasteiger partial charge >= 0.3 is 6.47 Å². The second-order valence-electron chi connectivity index (χ2n) is 2.86. The SMILES string of the molecule is COC1(O[C]=O)CCCCC1. The van der Waals surface area contributed by atoms with E-state index in [1.165, 1.54) is 12.9 Å². The predicted octanol–water partition coefficient (Wildman–Crippen LogP) is 1.38. The van der Waals surface area contributed by atoms with Gasteiger partial charge < -0.3 is 9.47 Å². The summed E-state index contributed by atoms with van der Waals surface area (Å²) in [5.74, 6) is -0.653. The molecule has 1 fully saturated rings. The van der Waals surface area contributed by atoms with Gasteiger partial charge in [0.15, 0.2) is 0 Å². The van der Waals surface area contributed by atoms with Crippen molar-refractivity contribution in [2.45, 2.75) is 37.9 Å². The normalized spacial score (nSPS) is 22.6. The zero-order valence-electron chi connectivity index (χ0n) is 6.76. The molecule has 0 spiro atoms. The van der Waals surface area contributed by atoms with Crippen molar-refractivity contribution in [1.29, 1.82) is 0 Å². The smallest absolute Gasteiger partial charge is 0.420 e. The summed E-state index contributed by atoms with van der Waals surface area (Å²) >= 11 is 0. The maximum atomic E-state index is 10.0. The van der Waals surface area contributed by atoms with E-state index in [0.29, 0.717) is 0 Å². The Morgan fingerprint density at radius 2 is 1.91 bits per heavy atom. The first-order valence-corrected chi connectivity index (χ1v) is 3.93. The topological polar surface area (TPSA) is 35.5 Å². The van der Waals surface area contributed by atoms with Crippen molar-refractivity contribution in [3.63, 3.8) is 0 Å². The third-order valence-electron chi connectivity index (χ3n) is 2.22. The van der Waals surface area contributed by atoms with Gasteiger partial charge in [-0.15, -0.1) is 0 Å². The first kappa shape index (κ1) is 8.53. The minimum atomic E-state index is -0.653. The molecular weight excluding hydrogens is 144 g/mol. The Morgan fingerprint density at radius 3 is 2.36 bits per heavy atom. The average molecular weight is 157 g/mol. The molecule has 1 aliphatic carbocycles. The molecule has 0 saturated heterocycles. The fourth-order valence-corrected chi connectivity index (χ4v) is 1.51. The van der Waals surface area contributed by atoms with Crippen LogP contribution in [-0.4, -0.2) is 19.4 Å². The molecule has 63 valence electrons. The minimum absolute atomic E-state index is 0.653. The van der Waals surface area contributed by atoms with Crippen molar-refractivity contribution in [1.82, 2.24) is 0 Å². The third-order valence-corrected chi connectivity index (χ3v) is 2.22. The largest absolute Gasteiger partial charge is 0.425 e. The maximum Gasteiger partial charge on any atom is 0.420 e. The Bertz CT molecular complexity index is 127. The van der Waals surface area contributed by atoms with Crippen molar-refractivity contribution < 1.29 is 14.3 Å². The fourth-order valence-electron chi connectivity index (χ4n) is 1.51. The average Bonchev–Trinajstić information content (AvgIpc) is 2.07. The van der Waals surface area contributed by atoms with Crippen LogP contribution in [0.1, 0.15) is 32.1 Å². The summed E-state index contributed by atoms with van der Waals surface area (Å²) in [4.78, 5) is 10.0.